The molecule has 0 saturated heterocycles. The third kappa shape index (κ3) is 3.26. The first kappa shape index (κ1) is 14.7. The van der Waals surface area contributed by atoms with Crippen LogP contribution >= 0.6 is 0 Å². The fourth-order valence-electron chi connectivity index (χ4n) is 1.99. The maximum absolute atomic E-state index is 12.2. The van der Waals surface area contributed by atoms with Gasteiger partial charge < -0.3 is 15.0 Å². The minimum absolute atomic E-state index is 0.0458. The number of rotatable bonds is 4. The van der Waals surface area contributed by atoms with E-state index in [2.05, 4.69) is 9.71 Å². The lowest BCUT2D eigenvalue weighted by Crippen LogP contribution is -2.44. The lowest BCUT2D eigenvalue weighted by atomic mass is 10.1. The Morgan fingerprint density at radius 1 is 1.60 bits per heavy atom. The quantitative estimate of drug-likeness (QED) is 0.765. The lowest BCUT2D eigenvalue weighted by Gasteiger charge is -2.29. The number of fused-ring (bicyclic) bond motifs is 1. The summed E-state index contributed by atoms with van der Waals surface area (Å²) in [4.78, 5) is 13.8. The molecule has 0 saturated carbocycles. The molecule has 7 nitrogen and oxygen atoms in total. The van der Waals surface area contributed by atoms with Crippen molar-refractivity contribution >= 4 is 21.8 Å². The Balaban J connectivity index is 2.22. The molecule has 0 aromatic carbocycles. The summed E-state index contributed by atoms with van der Waals surface area (Å²) >= 11 is 0. The second kappa shape index (κ2) is 5.76. The van der Waals surface area contributed by atoms with Gasteiger partial charge in [0.25, 0.3) is 15.9 Å². The van der Waals surface area contributed by atoms with Crippen LogP contribution in [-0.2, 0) is 19.6 Å². The Kier molecular flexibility index (Phi) is 4.24. The van der Waals surface area contributed by atoms with Crippen LogP contribution in [0.5, 0.6) is 0 Å². The molecule has 0 spiro atoms. The van der Waals surface area contributed by atoms with E-state index in [1.165, 1.54) is 0 Å². The monoisotopic (exact) mass is 299 g/mol. The van der Waals surface area contributed by atoms with Crippen molar-refractivity contribution in [3.63, 3.8) is 0 Å². The third-order valence-electron chi connectivity index (χ3n) is 2.90. The van der Waals surface area contributed by atoms with Crippen molar-refractivity contribution in [1.29, 1.82) is 0 Å². The van der Waals surface area contributed by atoms with Gasteiger partial charge in [0.1, 0.15) is 0 Å². The van der Waals surface area contributed by atoms with Crippen molar-refractivity contribution in [3.05, 3.63) is 23.9 Å². The minimum atomic E-state index is -3.49. The fourth-order valence-corrected chi connectivity index (χ4v) is 2.97. The van der Waals surface area contributed by atoms with Crippen molar-refractivity contribution < 1.29 is 17.9 Å². The first-order valence-electron chi connectivity index (χ1n) is 6.21. The average molecular weight is 299 g/mol. The minimum Gasteiger partial charge on any atom is -0.383 e. The number of ether oxygens (including phenoxy) is 1. The number of carbonyl (C=O) groups excluding carboxylic acids is 1. The van der Waals surface area contributed by atoms with Gasteiger partial charge in [-0.2, -0.15) is 0 Å². The number of nitrogens with one attached hydrogen (secondary N) is 1. The summed E-state index contributed by atoms with van der Waals surface area (Å²) in [5, 5.41) is 2.74. The van der Waals surface area contributed by atoms with Crippen LogP contribution in [0.2, 0.25) is 0 Å². The zero-order chi connectivity index (χ0) is 14.8. The van der Waals surface area contributed by atoms with Crippen LogP contribution < -0.4 is 5.32 Å². The van der Waals surface area contributed by atoms with Gasteiger partial charge in [-0.25, -0.2) is 8.42 Å². The molecule has 0 bridgehead atoms. The average Bonchev–Trinajstić information content (AvgIpc) is 2.37. The molecule has 1 N–H and O–H groups in total. The number of carbonyl (C=O) groups is 1. The van der Waals surface area contributed by atoms with Gasteiger partial charge in [-0.05, 0) is 19.1 Å². The Morgan fingerprint density at radius 2 is 2.35 bits per heavy atom. The number of amidine groups is 1. The molecule has 1 amide bonds. The number of hydrogen-bond acceptors (Lipinski definition) is 5. The molecule has 0 aliphatic carbocycles. The zero-order valence-corrected chi connectivity index (χ0v) is 12.2. The van der Waals surface area contributed by atoms with Crippen LogP contribution in [0.1, 0.15) is 6.92 Å². The van der Waals surface area contributed by atoms with Crippen LogP contribution in [0.4, 0.5) is 0 Å². The topological polar surface area (TPSA) is 88.1 Å². The first-order chi connectivity index (χ1) is 9.43. The predicted octanol–water partition coefficient (Wildman–Crippen LogP) is -0.365. The molecule has 0 aromatic heterocycles. The normalized spacial score (nSPS) is 21.6. The Labute approximate surface area is 118 Å². The van der Waals surface area contributed by atoms with Crippen molar-refractivity contribution in [3.8, 4) is 0 Å². The molecule has 1 atom stereocenters. The SMILES string of the molecule is COC[C@H](C)NC(=O)C1=CC=CN2CCS(=O)(=O)N=C12. The molecule has 0 radical (unpaired) electrons. The van der Waals surface area contributed by atoms with Gasteiger partial charge in [0.2, 0.25) is 0 Å². The van der Waals surface area contributed by atoms with E-state index in [1.807, 2.05) is 0 Å². The number of methoxy groups -OCH3 is 1. The van der Waals surface area contributed by atoms with Gasteiger partial charge in [-0.15, -0.1) is 4.40 Å². The lowest BCUT2D eigenvalue weighted by molar-refractivity contribution is -0.118. The summed E-state index contributed by atoms with van der Waals surface area (Å²) in [7, 11) is -1.94. The molecule has 2 rings (SSSR count). The van der Waals surface area contributed by atoms with E-state index in [9.17, 15) is 13.2 Å². The van der Waals surface area contributed by atoms with E-state index in [1.54, 1.807) is 37.3 Å². The zero-order valence-electron chi connectivity index (χ0n) is 11.4. The van der Waals surface area contributed by atoms with Crippen LogP contribution in [-0.4, -0.2) is 57.1 Å². The maximum atomic E-state index is 12.2. The van der Waals surface area contributed by atoms with E-state index < -0.39 is 10.0 Å². The molecule has 20 heavy (non-hydrogen) atoms. The number of hydrogen-bond donors (Lipinski definition) is 1. The van der Waals surface area contributed by atoms with Crippen molar-refractivity contribution in [2.24, 2.45) is 4.40 Å². The van der Waals surface area contributed by atoms with Crippen molar-refractivity contribution in [2.75, 3.05) is 26.0 Å². The van der Waals surface area contributed by atoms with Crippen LogP contribution in [0.3, 0.4) is 0 Å². The maximum Gasteiger partial charge on any atom is 0.256 e. The van der Waals surface area contributed by atoms with Crippen molar-refractivity contribution in [2.45, 2.75) is 13.0 Å². The molecule has 110 valence electrons. The Morgan fingerprint density at radius 3 is 3.05 bits per heavy atom. The highest BCUT2D eigenvalue weighted by Gasteiger charge is 2.30. The molecule has 2 heterocycles. The highest BCUT2D eigenvalue weighted by atomic mass is 32.2. The van der Waals surface area contributed by atoms with Gasteiger partial charge in [0.05, 0.1) is 17.9 Å². The summed E-state index contributed by atoms with van der Waals surface area (Å²) in [6.07, 6.45) is 4.97. The van der Waals surface area contributed by atoms with Gasteiger partial charge >= 0.3 is 0 Å². The predicted molar refractivity (Wildman–Crippen MR) is 74.6 cm³/mol. The second-order valence-corrected chi connectivity index (χ2v) is 6.40. The van der Waals surface area contributed by atoms with Gasteiger partial charge in [-0.1, -0.05) is 0 Å². The molecule has 2 aliphatic heterocycles. The smallest absolute Gasteiger partial charge is 0.256 e. The number of nitrogens with zero attached hydrogens (tertiary/aromatic N) is 2. The third-order valence-corrected chi connectivity index (χ3v) is 4.05. The fraction of sp³-hybridized carbons (Fsp3) is 0.500. The molecule has 0 aromatic rings. The standard InChI is InChI=1S/C12H17N3O4S/c1-9(8-19-2)13-12(16)10-4-3-5-15-6-7-20(17,18)14-11(10)15/h3-5,9H,6-8H2,1-2H3,(H,13,16)/t9-/m0/s1. The summed E-state index contributed by atoms with van der Waals surface area (Å²) in [6, 6.07) is -0.173. The summed E-state index contributed by atoms with van der Waals surface area (Å²) in [6.45, 7) is 2.48. The van der Waals surface area contributed by atoms with Gasteiger partial charge in [0.15, 0.2) is 5.84 Å². The first-order valence-corrected chi connectivity index (χ1v) is 7.82. The van der Waals surface area contributed by atoms with Crippen LogP contribution in [0.25, 0.3) is 0 Å². The molecular weight excluding hydrogens is 282 g/mol. The van der Waals surface area contributed by atoms with Gasteiger partial charge in [-0.3, -0.25) is 4.79 Å². The summed E-state index contributed by atoms with van der Waals surface area (Å²) in [5.74, 6) is -0.226. The van der Waals surface area contributed by atoms with E-state index in [0.29, 0.717) is 13.2 Å². The van der Waals surface area contributed by atoms with Crippen molar-refractivity contribution in [1.82, 2.24) is 10.2 Å². The molecular formula is C12H17N3O4S. The van der Waals surface area contributed by atoms with E-state index >= 15 is 0 Å². The largest absolute Gasteiger partial charge is 0.383 e. The summed E-state index contributed by atoms with van der Waals surface area (Å²) < 4.78 is 31.8. The van der Waals surface area contributed by atoms with Gasteiger partial charge in [0, 0.05) is 25.9 Å². The number of allylic oxidation sites excluding steroid dienone is 2. The second-order valence-electron chi connectivity index (χ2n) is 4.65. The highest BCUT2D eigenvalue weighted by Crippen LogP contribution is 2.17. The van der Waals surface area contributed by atoms with E-state index in [4.69, 9.17) is 4.74 Å². The number of amides is 1. The molecule has 2 aliphatic rings. The highest BCUT2D eigenvalue weighted by molar-refractivity contribution is 7.90. The Bertz CT molecular complexity index is 592. The van der Waals surface area contributed by atoms with Crippen LogP contribution in [0, 0.1) is 0 Å². The summed E-state index contributed by atoms with van der Waals surface area (Å²) in [5.41, 5.74) is 0.249. The number of sulfonamides is 1. The Hall–Kier alpha value is -1.67. The molecule has 0 fully saturated rings. The van der Waals surface area contributed by atoms with Crippen LogP contribution in [0.15, 0.2) is 28.3 Å². The van der Waals surface area contributed by atoms with E-state index in [-0.39, 0.29) is 29.1 Å². The van der Waals surface area contributed by atoms with E-state index in [0.717, 1.165) is 0 Å². The molecule has 8 heteroatoms. The molecule has 0 unspecified atom stereocenters.